The second-order valence-corrected chi connectivity index (χ2v) is 3.51. The third kappa shape index (κ3) is 2.64. The highest BCUT2D eigenvalue weighted by atomic mass is 35.7. The predicted octanol–water partition coefficient (Wildman–Crippen LogP) is 2.09. The first-order chi connectivity index (χ1) is 5.70. The molecule has 0 saturated heterocycles. The third-order valence-corrected chi connectivity index (χ3v) is 1.80. The van der Waals surface area contributed by atoms with Gasteiger partial charge in [-0.1, -0.05) is 18.2 Å². The zero-order valence-electron chi connectivity index (χ0n) is 5.90. The Balaban J connectivity index is 2.65. The van der Waals surface area contributed by atoms with Crippen molar-refractivity contribution in [2.45, 2.75) is 0 Å². The molecule has 0 bridgehead atoms. The van der Waals surface area contributed by atoms with Crippen molar-refractivity contribution >= 4 is 26.0 Å². The molecule has 1 unspecified atom stereocenters. The first-order valence-corrected chi connectivity index (χ1v) is 5.02. The molecule has 1 aromatic rings. The predicted molar refractivity (Wildman–Crippen MR) is 46.5 cm³/mol. The number of halogens is 1. The lowest BCUT2D eigenvalue weighted by molar-refractivity contribution is 0.226. The molecule has 0 amide bonds. The van der Waals surface area contributed by atoms with Crippen molar-refractivity contribution in [1.82, 2.24) is 0 Å². The summed E-state index contributed by atoms with van der Waals surface area (Å²) in [5, 5.41) is -0.956. The highest BCUT2D eigenvalue weighted by Crippen LogP contribution is 2.10. The monoisotopic (exact) mass is 204 g/mol. The smallest absolute Gasteiger partial charge is 0.416 e. The summed E-state index contributed by atoms with van der Waals surface area (Å²) < 4.78 is 15.0. The molecule has 64 valence electrons. The van der Waals surface area contributed by atoms with Gasteiger partial charge in [-0.15, -0.1) is 0 Å². The van der Waals surface area contributed by atoms with Gasteiger partial charge in [-0.3, -0.25) is 0 Å². The van der Waals surface area contributed by atoms with E-state index in [1.165, 1.54) is 0 Å². The topological polar surface area (TPSA) is 43.4 Å². The lowest BCUT2D eigenvalue weighted by Gasteiger charge is -1.98. The van der Waals surface area contributed by atoms with Crippen molar-refractivity contribution in [3.8, 4) is 5.75 Å². The number of rotatable bonds is 1. The van der Waals surface area contributed by atoms with E-state index in [0.717, 1.165) is 0 Å². The molecule has 0 aliphatic rings. The average Bonchev–Trinajstić information content (AvgIpc) is 2.06. The third-order valence-electron chi connectivity index (χ3n) is 1.08. The van der Waals surface area contributed by atoms with Crippen LogP contribution in [0.1, 0.15) is 0 Å². The molecule has 0 heterocycles. The van der Waals surface area contributed by atoms with E-state index < -0.39 is 15.3 Å². The van der Waals surface area contributed by atoms with Crippen molar-refractivity contribution in [1.29, 1.82) is 0 Å². The molecule has 0 aliphatic carbocycles. The average molecular weight is 205 g/mol. The summed E-state index contributed by atoms with van der Waals surface area (Å²) in [4.78, 5) is 10.7. The number of para-hydroxylation sites is 1. The van der Waals surface area contributed by atoms with Crippen molar-refractivity contribution < 1.29 is 13.7 Å². The molecule has 0 N–H and O–H groups in total. The minimum absolute atomic E-state index is 0.330. The molecule has 12 heavy (non-hydrogen) atoms. The van der Waals surface area contributed by atoms with Crippen LogP contribution in [0.15, 0.2) is 30.3 Å². The van der Waals surface area contributed by atoms with Crippen LogP contribution < -0.4 is 4.74 Å². The quantitative estimate of drug-likeness (QED) is 0.520. The van der Waals surface area contributed by atoms with Gasteiger partial charge in [0.05, 0.1) is 0 Å². The van der Waals surface area contributed by atoms with Crippen LogP contribution >= 0.6 is 10.7 Å². The summed E-state index contributed by atoms with van der Waals surface area (Å²) in [6, 6.07) is 8.30. The Bertz CT molecular complexity index is 299. The lowest BCUT2D eigenvalue weighted by Crippen LogP contribution is -2.07. The second kappa shape index (κ2) is 4.23. The first kappa shape index (κ1) is 9.22. The van der Waals surface area contributed by atoms with Gasteiger partial charge < -0.3 is 4.74 Å². The zero-order valence-corrected chi connectivity index (χ0v) is 7.47. The van der Waals surface area contributed by atoms with Gasteiger partial charge in [-0.25, -0.2) is 9.00 Å². The van der Waals surface area contributed by atoms with Crippen molar-refractivity contribution in [3.63, 3.8) is 0 Å². The molecule has 1 rings (SSSR count). The highest BCUT2D eigenvalue weighted by molar-refractivity contribution is 8.20. The number of hydrogen-bond donors (Lipinski definition) is 0. The fourth-order valence-corrected chi connectivity index (χ4v) is 0.874. The van der Waals surface area contributed by atoms with Crippen LogP contribution in [0.5, 0.6) is 5.75 Å². The summed E-state index contributed by atoms with van der Waals surface area (Å²) >= 11 is 0. The molecule has 1 aromatic carbocycles. The minimum Gasteiger partial charge on any atom is -0.416 e. The summed E-state index contributed by atoms with van der Waals surface area (Å²) in [6.07, 6.45) is 0. The van der Waals surface area contributed by atoms with Gasteiger partial charge in [-0.05, 0) is 12.1 Å². The van der Waals surface area contributed by atoms with Crippen LogP contribution in [0.25, 0.3) is 0 Å². The standard InChI is InChI=1S/C7H5ClO3S/c8-12(10)7(9)11-6-4-2-1-3-5-6/h1-5H. The van der Waals surface area contributed by atoms with Gasteiger partial charge in [0.15, 0.2) is 0 Å². The maximum absolute atomic E-state index is 10.7. The molecule has 3 nitrogen and oxygen atoms in total. The molecule has 1 atom stereocenters. The van der Waals surface area contributed by atoms with Crippen molar-refractivity contribution in [2.24, 2.45) is 0 Å². The summed E-state index contributed by atoms with van der Waals surface area (Å²) in [5.74, 6) is 0.330. The minimum atomic E-state index is -2.10. The number of carbonyl (C=O) groups is 1. The Morgan fingerprint density at radius 1 is 1.33 bits per heavy atom. The number of ether oxygens (including phenoxy) is 1. The van der Waals surface area contributed by atoms with E-state index >= 15 is 0 Å². The van der Waals surface area contributed by atoms with E-state index in [9.17, 15) is 9.00 Å². The Kier molecular flexibility index (Phi) is 3.25. The number of hydrogen-bond acceptors (Lipinski definition) is 3. The molecule has 0 saturated carbocycles. The Hall–Kier alpha value is -0.870. The maximum atomic E-state index is 10.7. The van der Waals surface area contributed by atoms with E-state index in [4.69, 9.17) is 10.7 Å². The Labute approximate surface area is 76.3 Å². The zero-order chi connectivity index (χ0) is 8.97. The van der Waals surface area contributed by atoms with E-state index in [0.29, 0.717) is 5.75 Å². The van der Waals surface area contributed by atoms with Crippen LogP contribution in [0.3, 0.4) is 0 Å². The van der Waals surface area contributed by atoms with Crippen LogP contribution in [0.4, 0.5) is 4.79 Å². The largest absolute Gasteiger partial charge is 0.418 e. The molecular weight excluding hydrogens is 200 g/mol. The van der Waals surface area contributed by atoms with Gasteiger partial charge in [0.2, 0.25) is 10.0 Å². The fourth-order valence-electron chi connectivity index (χ4n) is 0.618. The SMILES string of the molecule is O=C(Oc1ccccc1)S(=O)Cl. The normalized spacial score (nSPS) is 12.1. The van der Waals surface area contributed by atoms with Crippen LogP contribution in [-0.2, 0) is 10.0 Å². The fraction of sp³-hybridized carbons (Fsp3) is 0. The van der Waals surface area contributed by atoms with Crippen LogP contribution in [0, 0.1) is 0 Å². The van der Waals surface area contributed by atoms with Gasteiger partial charge in [-0.2, -0.15) is 0 Å². The molecule has 0 aromatic heterocycles. The first-order valence-electron chi connectivity index (χ1n) is 3.05. The second-order valence-electron chi connectivity index (χ2n) is 1.89. The Morgan fingerprint density at radius 3 is 2.42 bits per heavy atom. The molecule has 0 aliphatic heterocycles. The molecule has 0 fully saturated rings. The van der Waals surface area contributed by atoms with Gasteiger partial charge in [0, 0.05) is 10.7 Å². The highest BCUT2D eigenvalue weighted by Gasteiger charge is 2.10. The van der Waals surface area contributed by atoms with Gasteiger partial charge in [0.25, 0.3) is 0 Å². The molecule has 0 spiro atoms. The van der Waals surface area contributed by atoms with E-state index in [-0.39, 0.29) is 0 Å². The maximum Gasteiger partial charge on any atom is 0.418 e. The molecular formula is C7H5ClO3S. The summed E-state index contributed by atoms with van der Waals surface area (Å²) in [6.45, 7) is 0. The van der Waals surface area contributed by atoms with E-state index in [2.05, 4.69) is 4.74 Å². The van der Waals surface area contributed by atoms with Crippen molar-refractivity contribution in [3.05, 3.63) is 30.3 Å². The molecule has 0 radical (unpaired) electrons. The van der Waals surface area contributed by atoms with Crippen molar-refractivity contribution in [2.75, 3.05) is 0 Å². The van der Waals surface area contributed by atoms with Crippen LogP contribution in [-0.4, -0.2) is 9.51 Å². The van der Waals surface area contributed by atoms with Crippen LogP contribution in [0.2, 0.25) is 0 Å². The van der Waals surface area contributed by atoms with Gasteiger partial charge >= 0.3 is 5.30 Å². The number of carbonyl (C=O) groups excluding carboxylic acids is 1. The van der Waals surface area contributed by atoms with Gasteiger partial charge in [0.1, 0.15) is 5.75 Å². The molecule has 5 heteroatoms. The van der Waals surface area contributed by atoms with E-state index in [1.807, 2.05) is 0 Å². The number of benzene rings is 1. The van der Waals surface area contributed by atoms with E-state index in [1.54, 1.807) is 30.3 Å². The summed E-state index contributed by atoms with van der Waals surface area (Å²) in [5.41, 5.74) is 0. The summed E-state index contributed by atoms with van der Waals surface area (Å²) in [7, 11) is 2.88. The lowest BCUT2D eigenvalue weighted by atomic mass is 10.3. The Morgan fingerprint density at radius 2 is 1.92 bits per heavy atom.